The van der Waals surface area contributed by atoms with Crippen molar-refractivity contribution in [1.82, 2.24) is 20.2 Å². The van der Waals surface area contributed by atoms with Gasteiger partial charge in [0, 0.05) is 6.42 Å². The number of carboxylic acids is 1. The molecule has 0 aliphatic rings. The zero-order valence-electron chi connectivity index (χ0n) is 11.3. The first-order chi connectivity index (χ1) is 9.87. The van der Waals surface area contributed by atoms with E-state index in [1.165, 1.54) is 16.9 Å². The average molecular weight is 310 g/mol. The lowest BCUT2D eigenvalue weighted by Crippen LogP contribution is -2.07. The van der Waals surface area contributed by atoms with Crippen molar-refractivity contribution in [2.45, 2.75) is 23.5 Å². The molecule has 0 saturated carbocycles. The molecule has 0 unspecified atom stereocenters. The summed E-state index contributed by atoms with van der Waals surface area (Å²) >= 11 is 0. The summed E-state index contributed by atoms with van der Waals surface area (Å²) in [4.78, 5) is 11.8. The zero-order chi connectivity index (χ0) is 15.5. The molecular formula is C12H14N4O4S. The zero-order valence-corrected chi connectivity index (χ0v) is 12.1. The van der Waals surface area contributed by atoms with Crippen LogP contribution < -0.4 is 0 Å². The molecule has 0 fully saturated rings. The van der Waals surface area contributed by atoms with E-state index in [1.807, 2.05) is 0 Å². The molecule has 0 aliphatic carbocycles. The van der Waals surface area contributed by atoms with Gasteiger partial charge in [-0.3, -0.25) is 4.79 Å². The van der Waals surface area contributed by atoms with Crippen LogP contribution in [0.4, 0.5) is 0 Å². The lowest BCUT2D eigenvalue weighted by molar-refractivity contribution is -0.136. The van der Waals surface area contributed by atoms with E-state index in [-0.39, 0.29) is 22.9 Å². The molecule has 2 aromatic rings. The summed E-state index contributed by atoms with van der Waals surface area (Å²) in [5, 5.41) is 19.7. The van der Waals surface area contributed by atoms with Crippen LogP contribution in [0.2, 0.25) is 0 Å². The van der Waals surface area contributed by atoms with Crippen LogP contribution in [0.15, 0.2) is 29.2 Å². The molecule has 0 radical (unpaired) electrons. The van der Waals surface area contributed by atoms with Gasteiger partial charge in [0.1, 0.15) is 5.75 Å². The van der Waals surface area contributed by atoms with Crippen molar-refractivity contribution in [2.24, 2.45) is 7.05 Å². The van der Waals surface area contributed by atoms with E-state index in [0.717, 1.165) is 5.56 Å². The van der Waals surface area contributed by atoms with Gasteiger partial charge in [-0.15, -0.1) is 10.2 Å². The molecule has 0 spiro atoms. The Morgan fingerprint density at radius 1 is 1.29 bits per heavy atom. The number of hydrogen-bond donors (Lipinski definition) is 1. The Kier molecular flexibility index (Phi) is 4.32. The molecule has 9 heteroatoms. The predicted octanol–water partition coefficient (Wildman–Crippen LogP) is 0.201. The molecule has 1 aromatic heterocycles. The first-order valence-electron chi connectivity index (χ1n) is 6.13. The second-order valence-electron chi connectivity index (χ2n) is 4.49. The average Bonchev–Trinajstić information content (AvgIpc) is 2.81. The molecule has 112 valence electrons. The van der Waals surface area contributed by atoms with Crippen molar-refractivity contribution in [1.29, 1.82) is 0 Å². The van der Waals surface area contributed by atoms with Gasteiger partial charge in [-0.1, -0.05) is 12.1 Å². The third-order valence-corrected chi connectivity index (χ3v) is 4.41. The fraction of sp³-hybridized carbons (Fsp3) is 0.333. The Balaban J connectivity index is 2.11. The summed E-state index contributed by atoms with van der Waals surface area (Å²) in [6, 6.07) is 6.14. The number of benzene rings is 1. The van der Waals surface area contributed by atoms with Gasteiger partial charge in [0.25, 0.3) is 0 Å². The maximum Gasteiger partial charge on any atom is 0.303 e. The van der Waals surface area contributed by atoms with Gasteiger partial charge in [0.05, 0.1) is 11.9 Å². The monoisotopic (exact) mass is 310 g/mol. The molecule has 0 amide bonds. The summed E-state index contributed by atoms with van der Waals surface area (Å²) in [5.74, 6) is -1.08. The number of hydrogen-bond acceptors (Lipinski definition) is 6. The summed E-state index contributed by atoms with van der Waals surface area (Å²) < 4.78 is 24.4. The van der Waals surface area contributed by atoms with Crippen molar-refractivity contribution in [3.63, 3.8) is 0 Å². The van der Waals surface area contributed by atoms with Crippen molar-refractivity contribution >= 4 is 15.8 Å². The van der Waals surface area contributed by atoms with Crippen LogP contribution in [0.25, 0.3) is 0 Å². The summed E-state index contributed by atoms with van der Waals surface area (Å²) in [7, 11) is -1.99. The standard InChI is InChI=1S/C12H14N4O4S/c1-16-14-11(13-15-16)8-21(19,20)10-5-2-9(3-6-10)4-7-12(17)18/h2-3,5-6H,4,7-8H2,1H3,(H,17,18). The van der Waals surface area contributed by atoms with Crippen LogP contribution in [-0.4, -0.2) is 39.7 Å². The van der Waals surface area contributed by atoms with E-state index in [9.17, 15) is 13.2 Å². The van der Waals surface area contributed by atoms with Crippen LogP contribution in [-0.2, 0) is 33.9 Å². The summed E-state index contributed by atoms with van der Waals surface area (Å²) in [6.07, 6.45) is 0.372. The van der Waals surface area contributed by atoms with Crippen LogP contribution >= 0.6 is 0 Å². The maximum absolute atomic E-state index is 12.2. The number of nitrogens with zero attached hydrogens (tertiary/aromatic N) is 4. The molecule has 1 heterocycles. The van der Waals surface area contributed by atoms with Gasteiger partial charge in [0.2, 0.25) is 0 Å². The molecule has 0 bridgehead atoms. The number of rotatable bonds is 6. The lowest BCUT2D eigenvalue weighted by Gasteiger charge is -2.03. The van der Waals surface area contributed by atoms with Gasteiger partial charge in [-0.25, -0.2) is 8.42 Å². The minimum absolute atomic E-state index is 0.00955. The van der Waals surface area contributed by atoms with E-state index in [4.69, 9.17) is 5.11 Å². The highest BCUT2D eigenvalue weighted by Gasteiger charge is 2.18. The molecule has 2 rings (SSSR count). The fourth-order valence-electron chi connectivity index (χ4n) is 1.75. The van der Waals surface area contributed by atoms with E-state index < -0.39 is 15.8 Å². The summed E-state index contributed by atoms with van der Waals surface area (Å²) in [5.41, 5.74) is 0.772. The Labute approximate surface area is 121 Å². The molecule has 21 heavy (non-hydrogen) atoms. The second-order valence-corrected chi connectivity index (χ2v) is 6.48. The lowest BCUT2D eigenvalue weighted by atomic mass is 10.1. The van der Waals surface area contributed by atoms with E-state index in [0.29, 0.717) is 6.42 Å². The number of carboxylic acid groups (broad SMARTS) is 1. The molecule has 1 aromatic carbocycles. The maximum atomic E-state index is 12.2. The van der Waals surface area contributed by atoms with Crippen molar-refractivity contribution in [3.8, 4) is 0 Å². The largest absolute Gasteiger partial charge is 0.481 e. The number of aryl methyl sites for hydroxylation is 2. The van der Waals surface area contributed by atoms with E-state index in [2.05, 4.69) is 15.4 Å². The van der Waals surface area contributed by atoms with Crippen molar-refractivity contribution in [2.75, 3.05) is 0 Å². The normalized spacial score (nSPS) is 11.5. The first-order valence-corrected chi connectivity index (χ1v) is 7.78. The first kappa shape index (κ1) is 15.1. The number of aliphatic carboxylic acids is 1. The third kappa shape index (κ3) is 4.09. The van der Waals surface area contributed by atoms with Crippen molar-refractivity contribution < 1.29 is 18.3 Å². The van der Waals surface area contributed by atoms with Gasteiger partial charge in [-0.05, 0) is 29.3 Å². The van der Waals surface area contributed by atoms with Gasteiger partial charge < -0.3 is 5.11 Å². The molecule has 8 nitrogen and oxygen atoms in total. The Morgan fingerprint density at radius 3 is 2.48 bits per heavy atom. The predicted molar refractivity (Wildman–Crippen MR) is 72.1 cm³/mol. The minimum atomic E-state index is -3.54. The quantitative estimate of drug-likeness (QED) is 0.810. The van der Waals surface area contributed by atoms with Gasteiger partial charge in [-0.2, -0.15) is 4.80 Å². The Bertz CT molecular complexity index is 737. The second kappa shape index (κ2) is 6.00. The molecule has 1 N–H and O–H groups in total. The highest BCUT2D eigenvalue weighted by Crippen LogP contribution is 2.16. The number of aromatic nitrogens is 4. The third-order valence-electron chi connectivity index (χ3n) is 2.78. The smallest absolute Gasteiger partial charge is 0.303 e. The van der Waals surface area contributed by atoms with Crippen LogP contribution in [0, 0.1) is 0 Å². The number of sulfone groups is 1. The SMILES string of the molecule is Cn1nnc(CS(=O)(=O)c2ccc(CCC(=O)O)cc2)n1. The topological polar surface area (TPSA) is 115 Å². The Hall–Kier alpha value is -2.29. The van der Waals surface area contributed by atoms with Gasteiger partial charge >= 0.3 is 5.97 Å². The summed E-state index contributed by atoms with van der Waals surface area (Å²) in [6.45, 7) is 0. The van der Waals surface area contributed by atoms with Crippen molar-refractivity contribution in [3.05, 3.63) is 35.7 Å². The molecule has 0 aliphatic heterocycles. The van der Waals surface area contributed by atoms with Gasteiger partial charge in [0.15, 0.2) is 15.7 Å². The highest BCUT2D eigenvalue weighted by atomic mass is 32.2. The molecule has 0 atom stereocenters. The molecular weight excluding hydrogens is 296 g/mol. The van der Waals surface area contributed by atoms with Crippen LogP contribution in [0.5, 0.6) is 0 Å². The Morgan fingerprint density at radius 2 is 1.95 bits per heavy atom. The number of carbonyl (C=O) groups is 1. The van der Waals surface area contributed by atoms with Crippen LogP contribution in [0.3, 0.4) is 0 Å². The van der Waals surface area contributed by atoms with Crippen LogP contribution in [0.1, 0.15) is 17.8 Å². The van der Waals surface area contributed by atoms with E-state index >= 15 is 0 Å². The minimum Gasteiger partial charge on any atom is -0.481 e. The number of tetrazole rings is 1. The fourth-order valence-corrected chi connectivity index (χ4v) is 2.92. The van der Waals surface area contributed by atoms with E-state index in [1.54, 1.807) is 19.2 Å². The highest BCUT2D eigenvalue weighted by molar-refractivity contribution is 7.90. The molecule has 0 saturated heterocycles.